The van der Waals surface area contributed by atoms with Crippen molar-refractivity contribution in [2.24, 2.45) is 0 Å². The average molecular weight is 309 g/mol. The summed E-state index contributed by atoms with van der Waals surface area (Å²) >= 11 is 0. The van der Waals surface area contributed by atoms with Crippen LogP contribution < -0.4 is 4.74 Å². The molecule has 23 heavy (non-hydrogen) atoms. The summed E-state index contributed by atoms with van der Waals surface area (Å²) in [5.41, 5.74) is 3.48. The number of nitrogens with zero attached hydrogens (tertiary/aromatic N) is 1. The van der Waals surface area contributed by atoms with Gasteiger partial charge in [-0.2, -0.15) is 0 Å². The first-order chi connectivity index (χ1) is 11.3. The van der Waals surface area contributed by atoms with Crippen LogP contribution in [0.25, 0.3) is 0 Å². The Balaban J connectivity index is 1.68. The second kappa shape index (κ2) is 7.32. The fraction of sp³-hybridized carbons (Fsp3) is 0.350. The largest absolute Gasteiger partial charge is 0.493 e. The predicted octanol–water partition coefficient (Wildman–Crippen LogP) is 3.60. The van der Waals surface area contributed by atoms with Crippen molar-refractivity contribution < 1.29 is 9.53 Å². The van der Waals surface area contributed by atoms with Crippen molar-refractivity contribution in [2.75, 3.05) is 13.2 Å². The lowest BCUT2D eigenvalue weighted by molar-refractivity contribution is -0.131. The highest BCUT2D eigenvalue weighted by molar-refractivity contribution is 5.79. The van der Waals surface area contributed by atoms with Gasteiger partial charge in [-0.25, -0.2) is 0 Å². The van der Waals surface area contributed by atoms with E-state index < -0.39 is 0 Å². The molecule has 3 heteroatoms. The number of hydrogen-bond donors (Lipinski definition) is 0. The number of amides is 1. The molecular weight excluding hydrogens is 286 g/mol. The summed E-state index contributed by atoms with van der Waals surface area (Å²) in [6.07, 6.45) is 2.37. The zero-order chi connectivity index (χ0) is 16.1. The molecular formula is C20H23NO2. The third kappa shape index (κ3) is 3.92. The lowest BCUT2D eigenvalue weighted by Crippen LogP contribution is -2.32. The molecule has 3 rings (SSSR count). The Bertz CT molecular complexity index is 667. The van der Waals surface area contributed by atoms with Crippen LogP contribution in [0, 0.1) is 0 Å². The molecule has 1 aliphatic heterocycles. The van der Waals surface area contributed by atoms with Gasteiger partial charge in [-0.3, -0.25) is 4.79 Å². The predicted molar refractivity (Wildman–Crippen MR) is 91.5 cm³/mol. The van der Waals surface area contributed by atoms with Crippen LogP contribution in [-0.4, -0.2) is 24.0 Å². The molecule has 2 aromatic carbocycles. The van der Waals surface area contributed by atoms with Gasteiger partial charge < -0.3 is 9.64 Å². The normalized spacial score (nSPS) is 12.6. The van der Waals surface area contributed by atoms with E-state index in [-0.39, 0.29) is 5.91 Å². The fourth-order valence-corrected chi connectivity index (χ4v) is 3.00. The SMILES string of the molecule is CCCN(Cc1ccccc1)C(=O)Cc1ccc2c(c1)CCO2. The molecule has 0 saturated carbocycles. The minimum atomic E-state index is 0.189. The first-order valence-corrected chi connectivity index (χ1v) is 8.32. The lowest BCUT2D eigenvalue weighted by Gasteiger charge is -2.22. The van der Waals surface area contributed by atoms with Gasteiger partial charge in [0.25, 0.3) is 0 Å². The van der Waals surface area contributed by atoms with Crippen LogP contribution in [0.5, 0.6) is 5.75 Å². The summed E-state index contributed by atoms with van der Waals surface area (Å²) in [6, 6.07) is 16.3. The highest BCUT2D eigenvalue weighted by Crippen LogP contribution is 2.26. The van der Waals surface area contributed by atoms with Crippen LogP contribution >= 0.6 is 0 Å². The summed E-state index contributed by atoms with van der Waals surface area (Å²) < 4.78 is 5.53. The Hall–Kier alpha value is -2.29. The van der Waals surface area contributed by atoms with Gasteiger partial charge in [0.05, 0.1) is 13.0 Å². The number of benzene rings is 2. The van der Waals surface area contributed by atoms with Crippen molar-refractivity contribution in [2.45, 2.75) is 32.7 Å². The molecule has 0 saturated heterocycles. The van der Waals surface area contributed by atoms with E-state index in [0.717, 1.165) is 37.3 Å². The molecule has 0 aromatic heterocycles. The standard InChI is InChI=1S/C20H23NO2/c1-2-11-21(15-16-6-4-3-5-7-16)20(22)14-17-8-9-19-18(13-17)10-12-23-19/h3-9,13H,2,10-12,14-15H2,1H3. The molecule has 0 aliphatic carbocycles. The van der Waals surface area contributed by atoms with Gasteiger partial charge in [0.2, 0.25) is 5.91 Å². The molecule has 0 N–H and O–H groups in total. The number of carbonyl (C=O) groups excluding carboxylic acids is 1. The summed E-state index contributed by atoms with van der Waals surface area (Å²) in [6.45, 7) is 4.34. The van der Waals surface area contributed by atoms with Gasteiger partial charge in [0.15, 0.2) is 0 Å². The van der Waals surface area contributed by atoms with E-state index in [1.54, 1.807) is 0 Å². The van der Waals surface area contributed by atoms with Crippen molar-refractivity contribution in [1.82, 2.24) is 4.90 Å². The Labute approximate surface area is 137 Å². The van der Waals surface area contributed by atoms with E-state index in [9.17, 15) is 4.79 Å². The van der Waals surface area contributed by atoms with Crippen LogP contribution in [0.15, 0.2) is 48.5 Å². The van der Waals surface area contributed by atoms with E-state index in [1.165, 1.54) is 11.1 Å². The maximum atomic E-state index is 12.7. The van der Waals surface area contributed by atoms with Gasteiger partial charge in [0.1, 0.15) is 5.75 Å². The molecule has 0 spiro atoms. The zero-order valence-corrected chi connectivity index (χ0v) is 13.6. The second-order valence-corrected chi connectivity index (χ2v) is 6.02. The maximum Gasteiger partial charge on any atom is 0.227 e. The molecule has 0 radical (unpaired) electrons. The molecule has 0 fully saturated rings. The van der Waals surface area contributed by atoms with Crippen LogP contribution in [0.2, 0.25) is 0 Å². The van der Waals surface area contributed by atoms with Crippen molar-refractivity contribution in [3.05, 3.63) is 65.2 Å². The van der Waals surface area contributed by atoms with Gasteiger partial charge in [0, 0.05) is 19.5 Å². The molecule has 1 amide bonds. The fourth-order valence-electron chi connectivity index (χ4n) is 3.00. The Morgan fingerprint density at radius 3 is 2.74 bits per heavy atom. The highest BCUT2D eigenvalue weighted by atomic mass is 16.5. The van der Waals surface area contributed by atoms with Crippen LogP contribution in [0.3, 0.4) is 0 Å². The van der Waals surface area contributed by atoms with Crippen LogP contribution in [-0.2, 0) is 24.2 Å². The van der Waals surface area contributed by atoms with Crippen molar-refractivity contribution in [3.8, 4) is 5.75 Å². The van der Waals surface area contributed by atoms with Gasteiger partial charge in [-0.1, -0.05) is 49.4 Å². The molecule has 1 aliphatic rings. The maximum absolute atomic E-state index is 12.7. The third-order valence-electron chi connectivity index (χ3n) is 4.17. The Morgan fingerprint density at radius 2 is 1.96 bits per heavy atom. The van der Waals surface area contributed by atoms with E-state index in [2.05, 4.69) is 25.1 Å². The molecule has 0 unspecified atom stereocenters. The minimum Gasteiger partial charge on any atom is -0.493 e. The van der Waals surface area contributed by atoms with Gasteiger partial charge in [-0.05, 0) is 29.2 Å². The summed E-state index contributed by atoms with van der Waals surface area (Å²) in [5.74, 6) is 1.16. The number of carbonyl (C=O) groups is 1. The lowest BCUT2D eigenvalue weighted by atomic mass is 10.1. The second-order valence-electron chi connectivity index (χ2n) is 6.02. The van der Waals surface area contributed by atoms with Crippen LogP contribution in [0.1, 0.15) is 30.0 Å². The zero-order valence-electron chi connectivity index (χ0n) is 13.6. The highest BCUT2D eigenvalue weighted by Gasteiger charge is 2.16. The molecule has 0 atom stereocenters. The molecule has 120 valence electrons. The summed E-state index contributed by atoms with van der Waals surface area (Å²) in [5, 5.41) is 0. The molecule has 3 nitrogen and oxygen atoms in total. The van der Waals surface area contributed by atoms with E-state index in [4.69, 9.17) is 4.74 Å². The number of hydrogen-bond acceptors (Lipinski definition) is 2. The molecule has 1 heterocycles. The first kappa shape index (κ1) is 15.6. The van der Waals surface area contributed by atoms with E-state index >= 15 is 0 Å². The average Bonchev–Trinajstić information content (AvgIpc) is 3.03. The summed E-state index contributed by atoms with van der Waals surface area (Å²) in [7, 11) is 0. The monoisotopic (exact) mass is 309 g/mol. The van der Waals surface area contributed by atoms with Crippen LogP contribution in [0.4, 0.5) is 0 Å². The van der Waals surface area contributed by atoms with Crippen molar-refractivity contribution in [1.29, 1.82) is 0 Å². The van der Waals surface area contributed by atoms with Crippen molar-refractivity contribution in [3.63, 3.8) is 0 Å². The quantitative estimate of drug-likeness (QED) is 0.816. The van der Waals surface area contributed by atoms with Gasteiger partial charge >= 0.3 is 0 Å². The van der Waals surface area contributed by atoms with E-state index in [1.807, 2.05) is 35.2 Å². The number of fused-ring (bicyclic) bond motifs is 1. The third-order valence-corrected chi connectivity index (χ3v) is 4.17. The smallest absolute Gasteiger partial charge is 0.227 e. The first-order valence-electron chi connectivity index (χ1n) is 8.32. The van der Waals surface area contributed by atoms with E-state index in [0.29, 0.717) is 13.0 Å². The Kier molecular flexibility index (Phi) is 4.96. The summed E-state index contributed by atoms with van der Waals surface area (Å²) in [4.78, 5) is 14.7. The Morgan fingerprint density at radius 1 is 1.13 bits per heavy atom. The topological polar surface area (TPSA) is 29.5 Å². The molecule has 2 aromatic rings. The van der Waals surface area contributed by atoms with Gasteiger partial charge in [-0.15, -0.1) is 0 Å². The van der Waals surface area contributed by atoms with Crippen molar-refractivity contribution >= 4 is 5.91 Å². The minimum absolute atomic E-state index is 0.189. The molecule has 0 bridgehead atoms. The number of rotatable bonds is 6. The number of ether oxygens (including phenoxy) is 1.